The highest BCUT2D eigenvalue weighted by Gasteiger charge is 2.08. The van der Waals surface area contributed by atoms with Crippen molar-refractivity contribution in [3.8, 4) is 0 Å². The second kappa shape index (κ2) is 6.72. The van der Waals surface area contributed by atoms with Gasteiger partial charge in [0.15, 0.2) is 0 Å². The topological polar surface area (TPSA) is 70.7 Å². The number of hydrogen-bond donors (Lipinski definition) is 2. The molecule has 0 aliphatic carbocycles. The lowest BCUT2D eigenvalue weighted by Gasteiger charge is -2.01. The number of amides is 1. The fourth-order valence-electron chi connectivity index (χ4n) is 1.46. The lowest BCUT2D eigenvalue weighted by atomic mass is 10.1. The highest BCUT2D eigenvalue weighted by Crippen LogP contribution is 2.14. The van der Waals surface area contributed by atoms with Gasteiger partial charge in [0, 0.05) is 4.47 Å². The van der Waals surface area contributed by atoms with Crippen LogP contribution in [0.1, 0.15) is 12.5 Å². The molecule has 1 amide bonds. The maximum Gasteiger partial charge on any atom is 0.231 e. The highest BCUT2D eigenvalue weighted by molar-refractivity contribution is 9.10. The first-order valence-corrected chi connectivity index (χ1v) is 7.54. The van der Waals surface area contributed by atoms with Gasteiger partial charge in [-0.1, -0.05) is 46.7 Å². The van der Waals surface area contributed by atoms with Gasteiger partial charge in [-0.15, -0.1) is 5.10 Å². The molecule has 1 aromatic heterocycles. The quantitative estimate of drug-likeness (QED) is 0.821. The van der Waals surface area contributed by atoms with E-state index in [4.69, 9.17) is 0 Å². The van der Waals surface area contributed by atoms with Gasteiger partial charge < -0.3 is 0 Å². The summed E-state index contributed by atoms with van der Waals surface area (Å²) >= 11 is 4.88. The van der Waals surface area contributed by atoms with E-state index < -0.39 is 0 Å². The Labute approximate surface area is 123 Å². The van der Waals surface area contributed by atoms with Crippen LogP contribution in [-0.2, 0) is 11.2 Å². The molecular weight excluding hydrogens is 328 g/mol. The number of benzene rings is 1. The minimum atomic E-state index is -0.119. The van der Waals surface area contributed by atoms with Gasteiger partial charge in [-0.25, -0.2) is 5.10 Å². The van der Waals surface area contributed by atoms with E-state index in [0.717, 1.165) is 15.8 Å². The Bertz CT molecular complexity index is 555. The standard InChI is InChI=1S/C12H13BrN4OS/c1-2-19-12-15-11(16-17-12)14-10(18)7-8-3-5-9(13)6-4-8/h3-6H,2,7H2,1H3,(H2,14,15,16,17,18). The predicted octanol–water partition coefficient (Wildman–Crippen LogP) is 2.86. The average Bonchev–Trinajstić information content (AvgIpc) is 2.80. The van der Waals surface area contributed by atoms with Crippen LogP contribution in [0.5, 0.6) is 0 Å². The summed E-state index contributed by atoms with van der Waals surface area (Å²) in [7, 11) is 0. The number of carbonyl (C=O) groups excluding carboxylic acids is 1. The fraction of sp³-hybridized carbons (Fsp3) is 0.250. The molecule has 0 bridgehead atoms. The molecule has 0 saturated heterocycles. The number of hydrogen-bond acceptors (Lipinski definition) is 4. The summed E-state index contributed by atoms with van der Waals surface area (Å²) in [6.45, 7) is 2.02. The molecule has 1 heterocycles. The summed E-state index contributed by atoms with van der Waals surface area (Å²) in [6, 6.07) is 7.63. The monoisotopic (exact) mass is 340 g/mol. The van der Waals surface area contributed by atoms with Crippen molar-refractivity contribution in [3.63, 3.8) is 0 Å². The van der Waals surface area contributed by atoms with Gasteiger partial charge in [0.05, 0.1) is 6.42 Å². The second-order valence-corrected chi connectivity index (χ2v) is 5.90. The van der Waals surface area contributed by atoms with Crippen LogP contribution in [0, 0.1) is 0 Å². The molecule has 1 aromatic carbocycles. The summed E-state index contributed by atoms with van der Waals surface area (Å²) in [6.07, 6.45) is 0.310. The third kappa shape index (κ3) is 4.36. The second-order valence-electron chi connectivity index (χ2n) is 3.75. The normalized spacial score (nSPS) is 10.4. The van der Waals surface area contributed by atoms with Crippen molar-refractivity contribution in [2.75, 3.05) is 11.1 Å². The first-order chi connectivity index (χ1) is 9.17. The SMILES string of the molecule is CCSc1n[nH]c(NC(=O)Cc2ccc(Br)cc2)n1. The largest absolute Gasteiger partial charge is 0.295 e. The summed E-state index contributed by atoms with van der Waals surface area (Å²) in [5, 5.41) is 10.0. The number of H-pyrrole nitrogens is 1. The summed E-state index contributed by atoms with van der Waals surface area (Å²) in [4.78, 5) is 16.0. The molecule has 19 heavy (non-hydrogen) atoms. The third-order valence-corrected chi connectivity index (χ3v) is 3.53. The Morgan fingerprint density at radius 3 is 2.84 bits per heavy atom. The summed E-state index contributed by atoms with van der Waals surface area (Å²) < 4.78 is 0.994. The number of carbonyl (C=O) groups is 1. The van der Waals surface area contributed by atoms with Gasteiger partial charge in [-0.3, -0.25) is 10.1 Å². The van der Waals surface area contributed by atoms with Crippen molar-refractivity contribution in [2.45, 2.75) is 18.5 Å². The Morgan fingerprint density at radius 2 is 2.16 bits per heavy atom. The predicted molar refractivity (Wildman–Crippen MR) is 79.3 cm³/mol. The number of aromatic amines is 1. The maximum absolute atomic E-state index is 11.8. The molecule has 2 rings (SSSR count). The number of nitrogens with zero attached hydrogens (tertiary/aromatic N) is 2. The van der Waals surface area contributed by atoms with Crippen molar-refractivity contribution in [2.24, 2.45) is 0 Å². The molecule has 2 aromatic rings. The number of rotatable bonds is 5. The van der Waals surface area contributed by atoms with E-state index in [1.165, 1.54) is 11.8 Å². The van der Waals surface area contributed by atoms with Gasteiger partial charge in [-0.2, -0.15) is 4.98 Å². The van der Waals surface area contributed by atoms with E-state index in [0.29, 0.717) is 17.5 Å². The van der Waals surface area contributed by atoms with Crippen LogP contribution in [0.4, 0.5) is 5.95 Å². The summed E-state index contributed by atoms with van der Waals surface area (Å²) in [5.74, 6) is 1.16. The van der Waals surface area contributed by atoms with E-state index in [1.54, 1.807) is 0 Å². The highest BCUT2D eigenvalue weighted by atomic mass is 79.9. The molecule has 5 nitrogen and oxygen atoms in total. The van der Waals surface area contributed by atoms with Crippen LogP contribution >= 0.6 is 27.7 Å². The third-order valence-electron chi connectivity index (χ3n) is 2.27. The molecule has 0 unspecified atom stereocenters. The van der Waals surface area contributed by atoms with Crippen molar-refractivity contribution in [1.29, 1.82) is 0 Å². The molecule has 0 radical (unpaired) electrons. The molecule has 0 atom stereocenters. The number of anilines is 1. The Balaban J connectivity index is 1.91. The van der Waals surface area contributed by atoms with Gasteiger partial charge in [-0.05, 0) is 23.4 Å². The van der Waals surface area contributed by atoms with Gasteiger partial charge in [0.2, 0.25) is 17.0 Å². The first-order valence-electron chi connectivity index (χ1n) is 5.77. The van der Waals surface area contributed by atoms with Gasteiger partial charge in [0.1, 0.15) is 0 Å². The zero-order chi connectivity index (χ0) is 13.7. The number of nitrogens with one attached hydrogen (secondary N) is 2. The molecule has 0 aliphatic heterocycles. The molecule has 100 valence electrons. The van der Waals surface area contributed by atoms with E-state index in [9.17, 15) is 4.79 Å². The number of aromatic nitrogens is 3. The van der Waals surface area contributed by atoms with E-state index >= 15 is 0 Å². The number of thioether (sulfide) groups is 1. The van der Waals surface area contributed by atoms with Crippen molar-refractivity contribution in [1.82, 2.24) is 15.2 Å². The summed E-state index contributed by atoms with van der Waals surface area (Å²) in [5.41, 5.74) is 0.948. The lowest BCUT2D eigenvalue weighted by molar-refractivity contribution is -0.115. The Kier molecular flexibility index (Phi) is 4.98. The van der Waals surface area contributed by atoms with Crippen molar-refractivity contribution >= 4 is 39.5 Å². The first kappa shape index (κ1) is 14.1. The fourth-order valence-corrected chi connectivity index (χ4v) is 2.25. The lowest BCUT2D eigenvalue weighted by Crippen LogP contribution is -2.15. The van der Waals surface area contributed by atoms with E-state index in [-0.39, 0.29) is 5.91 Å². The minimum absolute atomic E-state index is 0.119. The van der Waals surface area contributed by atoms with Crippen molar-refractivity contribution < 1.29 is 4.79 Å². The minimum Gasteiger partial charge on any atom is -0.295 e. The average molecular weight is 341 g/mol. The Hall–Kier alpha value is -1.34. The molecule has 0 fully saturated rings. The zero-order valence-corrected chi connectivity index (χ0v) is 12.7. The van der Waals surface area contributed by atoms with Crippen LogP contribution in [0.25, 0.3) is 0 Å². The van der Waals surface area contributed by atoms with E-state index in [1.807, 2.05) is 31.2 Å². The van der Waals surface area contributed by atoms with Crippen LogP contribution in [0.15, 0.2) is 33.9 Å². The van der Waals surface area contributed by atoms with Crippen molar-refractivity contribution in [3.05, 3.63) is 34.3 Å². The van der Waals surface area contributed by atoms with Gasteiger partial charge in [0.25, 0.3) is 0 Å². The molecule has 2 N–H and O–H groups in total. The van der Waals surface area contributed by atoms with Crippen LogP contribution in [0.3, 0.4) is 0 Å². The molecule has 0 spiro atoms. The van der Waals surface area contributed by atoms with Gasteiger partial charge >= 0.3 is 0 Å². The van der Waals surface area contributed by atoms with Crippen LogP contribution in [-0.4, -0.2) is 26.8 Å². The Morgan fingerprint density at radius 1 is 1.42 bits per heavy atom. The molecule has 0 saturated carbocycles. The smallest absolute Gasteiger partial charge is 0.231 e. The molecule has 7 heteroatoms. The number of halogens is 1. The van der Waals surface area contributed by atoms with E-state index in [2.05, 4.69) is 36.4 Å². The maximum atomic E-state index is 11.8. The zero-order valence-electron chi connectivity index (χ0n) is 10.3. The van der Waals surface area contributed by atoms with Crippen LogP contribution in [0.2, 0.25) is 0 Å². The molecule has 0 aliphatic rings. The molecular formula is C12H13BrN4OS. The van der Waals surface area contributed by atoms with Crippen LogP contribution < -0.4 is 5.32 Å².